The molecule has 8 rings (SSSR count). The first-order valence-corrected chi connectivity index (χ1v) is 11.2. The average Bonchev–Trinajstić information content (AvgIpc) is 2.85. The highest BCUT2D eigenvalue weighted by Crippen LogP contribution is 2.43. The molecule has 2 aromatic heterocycles. The lowest BCUT2D eigenvalue weighted by atomic mass is 9.82. The second-order valence-electron chi connectivity index (χ2n) is 8.97. The van der Waals surface area contributed by atoms with Crippen molar-refractivity contribution in [3.63, 3.8) is 0 Å². The molecule has 2 heteroatoms. The minimum absolute atomic E-state index is 0.984. The van der Waals surface area contributed by atoms with Crippen LogP contribution in [-0.2, 0) is 12.8 Å². The molecule has 1 aliphatic carbocycles. The minimum Gasteiger partial charge on any atom is -0.254 e. The minimum atomic E-state index is 0.984. The van der Waals surface area contributed by atoms with Crippen molar-refractivity contribution in [1.82, 2.24) is 9.97 Å². The number of aryl methyl sites for hydroxylation is 2. The predicted octanol–water partition coefficient (Wildman–Crippen LogP) is 7.45. The fourth-order valence-electron chi connectivity index (χ4n) is 5.85. The molecule has 0 spiro atoms. The van der Waals surface area contributed by atoms with E-state index in [1.54, 1.807) is 0 Å². The second-order valence-corrected chi connectivity index (χ2v) is 8.97. The topological polar surface area (TPSA) is 25.8 Å². The third kappa shape index (κ3) is 2.04. The SMILES string of the molecule is c1cnc2c(c1)ccc1cc3c(nc12)-c1cc2ccc4cccc5ccc(c1CC3)c2c45. The number of benzene rings is 5. The Labute approximate surface area is 184 Å². The smallest absolute Gasteiger partial charge is 0.0972 e. The Morgan fingerprint density at radius 2 is 1.38 bits per heavy atom. The zero-order valence-electron chi connectivity index (χ0n) is 17.4. The zero-order chi connectivity index (χ0) is 20.8. The monoisotopic (exact) mass is 406 g/mol. The van der Waals surface area contributed by atoms with Gasteiger partial charge in [0.05, 0.1) is 16.7 Å². The van der Waals surface area contributed by atoms with Crippen molar-refractivity contribution in [2.75, 3.05) is 0 Å². The van der Waals surface area contributed by atoms with Crippen molar-refractivity contribution in [1.29, 1.82) is 0 Å². The number of pyridine rings is 2. The lowest BCUT2D eigenvalue weighted by Gasteiger charge is -2.23. The van der Waals surface area contributed by atoms with Gasteiger partial charge in [-0.05, 0) is 74.5 Å². The molecule has 2 heterocycles. The van der Waals surface area contributed by atoms with Crippen molar-refractivity contribution in [3.05, 3.63) is 96.2 Å². The highest BCUT2D eigenvalue weighted by atomic mass is 14.8. The van der Waals surface area contributed by atoms with Gasteiger partial charge in [0.2, 0.25) is 0 Å². The van der Waals surface area contributed by atoms with Gasteiger partial charge in [0.1, 0.15) is 0 Å². The van der Waals surface area contributed by atoms with E-state index in [-0.39, 0.29) is 0 Å². The van der Waals surface area contributed by atoms with Crippen LogP contribution in [0.5, 0.6) is 0 Å². The third-order valence-electron chi connectivity index (χ3n) is 7.30. The van der Waals surface area contributed by atoms with Gasteiger partial charge in [-0.1, -0.05) is 60.7 Å². The summed E-state index contributed by atoms with van der Waals surface area (Å²) in [6, 6.07) is 28.9. The average molecular weight is 406 g/mol. The van der Waals surface area contributed by atoms with Crippen LogP contribution in [0, 0.1) is 0 Å². The fourth-order valence-corrected chi connectivity index (χ4v) is 5.85. The first-order valence-electron chi connectivity index (χ1n) is 11.2. The summed E-state index contributed by atoms with van der Waals surface area (Å²) in [6.45, 7) is 0. The van der Waals surface area contributed by atoms with Crippen molar-refractivity contribution in [3.8, 4) is 11.3 Å². The third-order valence-corrected chi connectivity index (χ3v) is 7.30. The largest absolute Gasteiger partial charge is 0.254 e. The molecule has 0 saturated heterocycles. The molecule has 0 radical (unpaired) electrons. The van der Waals surface area contributed by atoms with E-state index in [9.17, 15) is 0 Å². The first kappa shape index (κ1) is 16.6. The Balaban J connectivity index is 1.51. The van der Waals surface area contributed by atoms with Crippen LogP contribution in [0.15, 0.2) is 85.1 Å². The van der Waals surface area contributed by atoms with Crippen LogP contribution in [0.25, 0.3) is 65.4 Å². The highest BCUT2D eigenvalue weighted by molar-refractivity contribution is 6.24. The molecule has 0 aliphatic heterocycles. The maximum absolute atomic E-state index is 5.26. The summed E-state index contributed by atoms with van der Waals surface area (Å²) in [7, 11) is 0. The number of rotatable bonds is 0. The molecule has 0 amide bonds. The molecule has 0 unspecified atom stereocenters. The lowest BCUT2D eigenvalue weighted by molar-refractivity contribution is 0.942. The molecule has 7 aromatic rings. The standard InChI is InChI=1S/C30H18N2/c1-3-17-6-8-20-16-25-23(24-13-10-18(4-1)26(17)27(20)24)12-11-21-15-22-9-7-19-5-2-14-31-29(19)30(22)32-28(21)25/h1-10,13-16H,11-12H2. The van der Waals surface area contributed by atoms with E-state index in [1.807, 2.05) is 12.3 Å². The van der Waals surface area contributed by atoms with E-state index < -0.39 is 0 Å². The number of aromatic nitrogens is 2. The van der Waals surface area contributed by atoms with E-state index >= 15 is 0 Å². The molecule has 148 valence electrons. The van der Waals surface area contributed by atoms with E-state index in [0.29, 0.717) is 0 Å². The quantitative estimate of drug-likeness (QED) is 0.245. The number of hydrogen-bond donors (Lipinski definition) is 0. The number of hydrogen-bond acceptors (Lipinski definition) is 2. The van der Waals surface area contributed by atoms with Gasteiger partial charge >= 0.3 is 0 Å². The van der Waals surface area contributed by atoms with Crippen LogP contribution in [0.3, 0.4) is 0 Å². The van der Waals surface area contributed by atoms with Crippen LogP contribution in [0.1, 0.15) is 11.1 Å². The van der Waals surface area contributed by atoms with E-state index in [1.165, 1.54) is 54.4 Å². The molecular formula is C30H18N2. The molecule has 0 atom stereocenters. The maximum Gasteiger partial charge on any atom is 0.0972 e. The summed E-state index contributed by atoms with van der Waals surface area (Å²) >= 11 is 0. The summed E-state index contributed by atoms with van der Waals surface area (Å²) in [6.07, 6.45) is 3.94. The van der Waals surface area contributed by atoms with Crippen molar-refractivity contribution >= 4 is 54.1 Å². The molecule has 0 bridgehead atoms. The molecule has 0 fully saturated rings. The van der Waals surface area contributed by atoms with Crippen molar-refractivity contribution in [2.45, 2.75) is 12.8 Å². The Hall–Kier alpha value is -4.04. The van der Waals surface area contributed by atoms with Crippen molar-refractivity contribution in [2.24, 2.45) is 0 Å². The van der Waals surface area contributed by atoms with Crippen LogP contribution < -0.4 is 0 Å². The van der Waals surface area contributed by atoms with Gasteiger partial charge in [-0.2, -0.15) is 0 Å². The Kier molecular flexibility index (Phi) is 3.01. The van der Waals surface area contributed by atoms with Gasteiger partial charge in [0.25, 0.3) is 0 Å². The summed E-state index contributed by atoms with van der Waals surface area (Å²) < 4.78 is 0. The Morgan fingerprint density at radius 1 is 0.594 bits per heavy atom. The molecule has 0 N–H and O–H groups in total. The van der Waals surface area contributed by atoms with E-state index in [2.05, 4.69) is 77.8 Å². The van der Waals surface area contributed by atoms with Crippen LogP contribution in [0.4, 0.5) is 0 Å². The zero-order valence-corrected chi connectivity index (χ0v) is 17.4. The number of fused-ring (bicyclic) bond motifs is 7. The van der Waals surface area contributed by atoms with Gasteiger partial charge in [0.15, 0.2) is 0 Å². The van der Waals surface area contributed by atoms with Crippen LogP contribution in [-0.4, -0.2) is 9.97 Å². The Morgan fingerprint density at radius 3 is 2.31 bits per heavy atom. The predicted molar refractivity (Wildman–Crippen MR) is 134 cm³/mol. The van der Waals surface area contributed by atoms with E-state index in [4.69, 9.17) is 4.98 Å². The summed E-state index contributed by atoms with van der Waals surface area (Å²) in [5, 5.41) is 10.4. The molecule has 2 nitrogen and oxygen atoms in total. The highest BCUT2D eigenvalue weighted by Gasteiger charge is 2.23. The van der Waals surface area contributed by atoms with E-state index in [0.717, 1.165) is 35.0 Å². The van der Waals surface area contributed by atoms with Gasteiger partial charge in [-0.15, -0.1) is 0 Å². The second kappa shape index (κ2) is 5.80. The fraction of sp³-hybridized carbons (Fsp3) is 0.0667. The van der Waals surface area contributed by atoms with Gasteiger partial charge < -0.3 is 0 Å². The molecule has 32 heavy (non-hydrogen) atoms. The van der Waals surface area contributed by atoms with Gasteiger partial charge in [-0.3, -0.25) is 4.98 Å². The van der Waals surface area contributed by atoms with Gasteiger partial charge in [0, 0.05) is 22.5 Å². The molecular weight excluding hydrogens is 388 g/mol. The van der Waals surface area contributed by atoms with Crippen molar-refractivity contribution < 1.29 is 0 Å². The molecule has 1 aliphatic rings. The summed E-state index contributed by atoms with van der Waals surface area (Å²) in [5.41, 5.74) is 7.17. The Bertz CT molecular complexity index is 1860. The molecule has 5 aromatic carbocycles. The summed E-state index contributed by atoms with van der Waals surface area (Å²) in [5.74, 6) is 0. The van der Waals surface area contributed by atoms with Crippen LogP contribution >= 0.6 is 0 Å². The number of nitrogens with zero attached hydrogens (tertiary/aromatic N) is 2. The first-order chi connectivity index (χ1) is 15.8. The van der Waals surface area contributed by atoms with Gasteiger partial charge in [-0.25, -0.2) is 4.98 Å². The summed E-state index contributed by atoms with van der Waals surface area (Å²) in [4.78, 5) is 9.92. The maximum atomic E-state index is 5.26. The normalized spacial score (nSPS) is 13.4. The molecule has 0 saturated carbocycles. The van der Waals surface area contributed by atoms with Crippen LogP contribution in [0.2, 0.25) is 0 Å². The lowest BCUT2D eigenvalue weighted by Crippen LogP contribution is -2.07.